The maximum absolute atomic E-state index is 14.4. The number of hydrogen-bond donors (Lipinski definition) is 0. The second-order valence-electron chi connectivity index (χ2n) is 8.85. The van der Waals surface area contributed by atoms with E-state index in [0.717, 1.165) is 22.4 Å². The molecule has 0 saturated carbocycles. The molecule has 0 spiro atoms. The molecule has 0 radical (unpaired) electrons. The SMILES string of the molecule is COCCN(CC(=O)N1N=C(c2cccc(OC)c2)CC1c1ccc(C)cc1)C(=O)c1ccccc1F. The Morgan fingerprint density at radius 1 is 1.05 bits per heavy atom. The molecule has 3 aromatic rings. The van der Waals surface area contributed by atoms with Crippen molar-refractivity contribution in [2.75, 3.05) is 33.9 Å². The highest BCUT2D eigenvalue weighted by atomic mass is 19.1. The van der Waals surface area contributed by atoms with Gasteiger partial charge >= 0.3 is 0 Å². The number of hydrogen-bond acceptors (Lipinski definition) is 5. The fourth-order valence-corrected chi connectivity index (χ4v) is 4.26. The maximum Gasteiger partial charge on any atom is 0.262 e. The van der Waals surface area contributed by atoms with Crippen LogP contribution in [0.1, 0.15) is 39.5 Å². The first-order chi connectivity index (χ1) is 17.9. The Morgan fingerprint density at radius 2 is 1.81 bits per heavy atom. The zero-order valence-corrected chi connectivity index (χ0v) is 21.2. The lowest BCUT2D eigenvalue weighted by Gasteiger charge is -2.27. The van der Waals surface area contributed by atoms with Crippen LogP contribution in [0.2, 0.25) is 0 Å². The van der Waals surface area contributed by atoms with Crippen molar-refractivity contribution in [3.05, 3.63) is 101 Å². The van der Waals surface area contributed by atoms with Crippen LogP contribution in [-0.4, -0.2) is 61.4 Å². The smallest absolute Gasteiger partial charge is 0.262 e. The largest absolute Gasteiger partial charge is 0.497 e. The number of halogens is 1. The molecular formula is C29H30FN3O4. The lowest BCUT2D eigenvalue weighted by Crippen LogP contribution is -2.43. The van der Waals surface area contributed by atoms with Gasteiger partial charge in [-0.3, -0.25) is 9.59 Å². The summed E-state index contributed by atoms with van der Waals surface area (Å²) in [6.07, 6.45) is 0.501. The molecule has 1 heterocycles. The Kier molecular flexibility index (Phi) is 8.30. The molecule has 1 atom stereocenters. The van der Waals surface area contributed by atoms with Crippen LogP contribution in [0, 0.1) is 12.7 Å². The fourth-order valence-electron chi connectivity index (χ4n) is 4.26. The summed E-state index contributed by atoms with van der Waals surface area (Å²) in [7, 11) is 3.11. The van der Waals surface area contributed by atoms with Crippen molar-refractivity contribution in [1.29, 1.82) is 0 Å². The molecule has 1 aliphatic rings. The number of methoxy groups -OCH3 is 2. The van der Waals surface area contributed by atoms with Crippen LogP contribution in [0.5, 0.6) is 5.75 Å². The molecule has 37 heavy (non-hydrogen) atoms. The monoisotopic (exact) mass is 503 g/mol. The van der Waals surface area contributed by atoms with Crippen LogP contribution in [0.3, 0.4) is 0 Å². The first kappa shape index (κ1) is 26.0. The highest BCUT2D eigenvalue weighted by Gasteiger charge is 2.34. The Bertz CT molecular complexity index is 1290. The molecule has 1 aliphatic heterocycles. The van der Waals surface area contributed by atoms with Gasteiger partial charge in [0, 0.05) is 25.6 Å². The minimum atomic E-state index is -0.639. The molecule has 0 bridgehead atoms. The van der Waals surface area contributed by atoms with Crippen LogP contribution in [0.15, 0.2) is 77.9 Å². The van der Waals surface area contributed by atoms with Crippen molar-refractivity contribution in [3.8, 4) is 5.75 Å². The van der Waals surface area contributed by atoms with E-state index < -0.39 is 11.7 Å². The van der Waals surface area contributed by atoms with E-state index in [1.54, 1.807) is 13.2 Å². The Morgan fingerprint density at radius 3 is 2.51 bits per heavy atom. The summed E-state index contributed by atoms with van der Waals surface area (Å²) in [4.78, 5) is 28.1. The summed E-state index contributed by atoms with van der Waals surface area (Å²) in [6.45, 7) is 2.06. The molecule has 0 N–H and O–H groups in total. The summed E-state index contributed by atoms with van der Waals surface area (Å²) in [5.41, 5.74) is 3.54. The first-order valence-electron chi connectivity index (χ1n) is 12.0. The van der Waals surface area contributed by atoms with Crippen LogP contribution in [0.25, 0.3) is 0 Å². The van der Waals surface area contributed by atoms with Crippen LogP contribution >= 0.6 is 0 Å². The van der Waals surface area contributed by atoms with Gasteiger partial charge in [0.05, 0.1) is 31.0 Å². The van der Waals surface area contributed by atoms with Crippen molar-refractivity contribution < 1.29 is 23.5 Å². The van der Waals surface area contributed by atoms with E-state index in [1.807, 2.05) is 55.5 Å². The van der Waals surface area contributed by atoms with Crippen LogP contribution in [-0.2, 0) is 9.53 Å². The third kappa shape index (κ3) is 6.03. The van der Waals surface area contributed by atoms with E-state index >= 15 is 0 Å². The van der Waals surface area contributed by atoms with Gasteiger partial charge in [0.2, 0.25) is 0 Å². The number of amides is 2. The fraction of sp³-hybridized carbons (Fsp3) is 0.276. The van der Waals surface area contributed by atoms with E-state index in [9.17, 15) is 14.0 Å². The standard InChI is InChI=1S/C29H30FN3O4/c1-20-11-13-21(14-12-20)27-18-26(22-7-6-8-23(17-22)37-3)31-33(27)28(34)19-32(15-16-36-2)29(35)24-9-4-5-10-25(24)30/h4-14,17,27H,15-16,18-19H2,1-3H3. The molecule has 0 aromatic heterocycles. The van der Waals surface area contributed by atoms with E-state index in [1.165, 1.54) is 35.2 Å². The van der Waals surface area contributed by atoms with Gasteiger partial charge in [0.15, 0.2) is 0 Å². The number of carbonyl (C=O) groups excluding carboxylic acids is 2. The molecule has 0 aliphatic carbocycles. The van der Waals surface area contributed by atoms with Gasteiger partial charge in [-0.15, -0.1) is 0 Å². The van der Waals surface area contributed by atoms with Gasteiger partial charge in [0.1, 0.15) is 18.1 Å². The second kappa shape index (κ2) is 11.8. The third-order valence-electron chi connectivity index (χ3n) is 6.31. The van der Waals surface area contributed by atoms with Crippen LogP contribution in [0.4, 0.5) is 4.39 Å². The van der Waals surface area contributed by atoms with Gasteiger partial charge in [-0.1, -0.05) is 54.1 Å². The molecule has 0 fully saturated rings. The molecular weight excluding hydrogens is 473 g/mol. The minimum absolute atomic E-state index is 0.0940. The number of carbonyl (C=O) groups is 2. The third-order valence-corrected chi connectivity index (χ3v) is 6.31. The number of ether oxygens (including phenoxy) is 2. The molecule has 3 aromatic carbocycles. The molecule has 192 valence electrons. The Balaban J connectivity index is 1.65. The Labute approximate surface area is 216 Å². The Hall–Kier alpha value is -4.04. The highest BCUT2D eigenvalue weighted by molar-refractivity contribution is 6.04. The highest BCUT2D eigenvalue weighted by Crippen LogP contribution is 2.33. The van der Waals surface area contributed by atoms with Gasteiger partial charge in [-0.05, 0) is 36.8 Å². The van der Waals surface area contributed by atoms with Gasteiger partial charge in [-0.2, -0.15) is 5.10 Å². The number of nitrogens with zero attached hydrogens (tertiary/aromatic N) is 3. The van der Waals surface area contributed by atoms with Gasteiger partial charge in [-0.25, -0.2) is 9.40 Å². The van der Waals surface area contributed by atoms with Gasteiger partial charge in [0.25, 0.3) is 11.8 Å². The minimum Gasteiger partial charge on any atom is -0.497 e. The van der Waals surface area contributed by atoms with E-state index in [4.69, 9.17) is 14.6 Å². The first-order valence-corrected chi connectivity index (χ1v) is 12.0. The zero-order chi connectivity index (χ0) is 26.4. The van der Waals surface area contributed by atoms with Crippen LogP contribution < -0.4 is 4.74 Å². The zero-order valence-electron chi connectivity index (χ0n) is 21.2. The maximum atomic E-state index is 14.4. The number of aryl methyl sites for hydroxylation is 1. The molecule has 7 nitrogen and oxygen atoms in total. The average Bonchev–Trinajstić information content (AvgIpc) is 3.37. The summed E-state index contributed by atoms with van der Waals surface area (Å²) in [5, 5.41) is 6.14. The molecule has 2 amide bonds. The topological polar surface area (TPSA) is 71.4 Å². The molecule has 1 unspecified atom stereocenters. The van der Waals surface area contributed by atoms with Crippen molar-refractivity contribution >= 4 is 17.5 Å². The predicted molar refractivity (Wildman–Crippen MR) is 139 cm³/mol. The van der Waals surface area contributed by atoms with Gasteiger partial charge < -0.3 is 14.4 Å². The number of benzene rings is 3. The van der Waals surface area contributed by atoms with Crippen molar-refractivity contribution in [3.63, 3.8) is 0 Å². The lowest BCUT2D eigenvalue weighted by molar-refractivity contribution is -0.133. The summed E-state index contributed by atoms with van der Waals surface area (Å²) in [5.74, 6) is -0.895. The second-order valence-corrected chi connectivity index (χ2v) is 8.85. The van der Waals surface area contributed by atoms with E-state index in [2.05, 4.69) is 0 Å². The number of hydrazone groups is 1. The quantitative estimate of drug-likeness (QED) is 0.428. The van der Waals surface area contributed by atoms with Crippen molar-refractivity contribution in [2.24, 2.45) is 5.10 Å². The van der Waals surface area contributed by atoms with E-state index in [-0.39, 0.29) is 37.2 Å². The van der Waals surface area contributed by atoms with Crippen molar-refractivity contribution in [1.82, 2.24) is 9.91 Å². The normalized spacial score (nSPS) is 14.9. The summed E-state index contributed by atoms with van der Waals surface area (Å²) in [6, 6.07) is 20.9. The molecule has 4 rings (SSSR count). The van der Waals surface area contributed by atoms with Crippen molar-refractivity contribution in [2.45, 2.75) is 19.4 Å². The predicted octanol–water partition coefficient (Wildman–Crippen LogP) is 4.61. The number of rotatable bonds is 9. The molecule has 0 saturated heterocycles. The lowest BCUT2D eigenvalue weighted by atomic mass is 9.97. The molecule has 8 heteroatoms. The van der Waals surface area contributed by atoms with E-state index in [0.29, 0.717) is 12.2 Å². The summed E-state index contributed by atoms with van der Waals surface area (Å²) < 4.78 is 24.9. The average molecular weight is 504 g/mol. The summed E-state index contributed by atoms with van der Waals surface area (Å²) >= 11 is 0.